The molecule has 2 heterocycles. The van der Waals surface area contributed by atoms with Crippen LogP contribution in [-0.4, -0.2) is 16.0 Å². The zero-order valence-electron chi connectivity index (χ0n) is 10.5. The van der Waals surface area contributed by atoms with Crippen molar-refractivity contribution in [2.75, 3.05) is 10.7 Å². The minimum atomic E-state index is 0.309. The van der Waals surface area contributed by atoms with Crippen LogP contribution in [0.3, 0.4) is 0 Å². The molecule has 0 saturated carbocycles. The predicted octanol–water partition coefficient (Wildman–Crippen LogP) is 2.18. The van der Waals surface area contributed by atoms with Gasteiger partial charge in [-0.3, -0.25) is 0 Å². The normalized spacial score (nSPS) is 12.2. The number of rotatable bonds is 5. The summed E-state index contributed by atoms with van der Waals surface area (Å²) in [5, 5.41) is 3.33. The number of nitrogens with zero attached hydrogens (tertiary/aromatic N) is 2. The third-order valence-corrected chi connectivity index (χ3v) is 3.54. The number of hydrogen-bond acceptors (Lipinski definition) is 6. The van der Waals surface area contributed by atoms with E-state index in [0.717, 1.165) is 12.2 Å². The second kappa shape index (κ2) is 5.79. The molecular weight excluding hydrogens is 246 g/mol. The van der Waals surface area contributed by atoms with Crippen molar-refractivity contribution < 1.29 is 0 Å². The number of thiophene rings is 1. The molecule has 0 saturated heterocycles. The monoisotopic (exact) mass is 263 g/mol. The number of aromatic nitrogens is 2. The summed E-state index contributed by atoms with van der Waals surface area (Å²) in [7, 11) is 0. The van der Waals surface area contributed by atoms with E-state index in [4.69, 9.17) is 5.84 Å². The Balaban J connectivity index is 1.96. The number of nitrogen functional groups attached to an aromatic ring is 1. The van der Waals surface area contributed by atoms with Crippen LogP contribution < -0.4 is 16.6 Å². The zero-order chi connectivity index (χ0) is 13.0. The Morgan fingerprint density at radius 1 is 1.33 bits per heavy atom. The van der Waals surface area contributed by atoms with Crippen LogP contribution in [-0.2, 0) is 6.42 Å². The van der Waals surface area contributed by atoms with Crippen molar-refractivity contribution in [3.63, 3.8) is 0 Å². The van der Waals surface area contributed by atoms with Gasteiger partial charge < -0.3 is 10.7 Å². The molecular formula is C12H17N5S. The molecule has 96 valence electrons. The average Bonchev–Trinajstić information content (AvgIpc) is 2.74. The molecule has 0 aliphatic heterocycles. The maximum atomic E-state index is 5.31. The van der Waals surface area contributed by atoms with E-state index >= 15 is 0 Å². The summed E-state index contributed by atoms with van der Waals surface area (Å²) in [5.74, 6) is 6.69. The average molecular weight is 263 g/mol. The highest BCUT2D eigenvalue weighted by molar-refractivity contribution is 7.11. The van der Waals surface area contributed by atoms with E-state index < -0.39 is 0 Å². The van der Waals surface area contributed by atoms with Crippen LogP contribution in [0.2, 0.25) is 0 Å². The van der Waals surface area contributed by atoms with Crippen LogP contribution in [0.15, 0.2) is 24.5 Å². The lowest BCUT2D eigenvalue weighted by atomic mass is 10.2. The minimum Gasteiger partial charge on any atom is -0.367 e. The van der Waals surface area contributed by atoms with Gasteiger partial charge in [-0.1, -0.05) is 0 Å². The quantitative estimate of drug-likeness (QED) is 0.569. The molecule has 0 bridgehead atoms. The maximum absolute atomic E-state index is 5.31. The van der Waals surface area contributed by atoms with Gasteiger partial charge >= 0.3 is 0 Å². The van der Waals surface area contributed by atoms with Crippen molar-refractivity contribution in [3.8, 4) is 0 Å². The third-order valence-electron chi connectivity index (χ3n) is 2.51. The molecule has 0 aliphatic rings. The molecule has 5 nitrogen and oxygen atoms in total. The lowest BCUT2D eigenvalue weighted by Gasteiger charge is -2.13. The summed E-state index contributed by atoms with van der Waals surface area (Å²) in [5.41, 5.74) is 2.50. The molecule has 0 fully saturated rings. The number of nitrogens with two attached hydrogens (primary N) is 1. The molecule has 1 atom stereocenters. The SMILES string of the molecule is Cc1ccc(CC(C)Nc2cc(NN)ncn2)s1. The smallest absolute Gasteiger partial charge is 0.145 e. The van der Waals surface area contributed by atoms with E-state index in [1.54, 1.807) is 6.07 Å². The molecule has 0 amide bonds. The number of aryl methyl sites for hydroxylation is 1. The summed E-state index contributed by atoms with van der Waals surface area (Å²) >= 11 is 1.83. The Morgan fingerprint density at radius 2 is 2.11 bits per heavy atom. The molecule has 6 heteroatoms. The van der Waals surface area contributed by atoms with Crippen molar-refractivity contribution in [3.05, 3.63) is 34.3 Å². The predicted molar refractivity (Wildman–Crippen MR) is 75.7 cm³/mol. The van der Waals surface area contributed by atoms with E-state index in [2.05, 4.69) is 46.7 Å². The molecule has 0 aromatic carbocycles. The van der Waals surface area contributed by atoms with Crippen molar-refractivity contribution in [2.45, 2.75) is 26.3 Å². The fourth-order valence-electron chi connectivity index (χ4n) is 1.72. The van der Waals surface area contributed by atoms with Gasteiger partial charge in [-0.15, -0.1) is 11.3 Å². The number of hydrazine groups is 1. The van der Waals surface area contributed by atoms with Crippen molar-refractivity contribution in [1.29, 1.82) is 0 Å². The molecule has 2 aromatic rings. The number of nitrogens with one attached hydrogen (secondary N) is 2. The molecule has 1 unspecified atom stereocenters. The topological polar surface area (TPSA) is 75.9 Å². The fourth-order valence-corrected chi connectivity index (χ4v) is 2.73. The van der Waals surface area contributed by atoms with Gasteiger partial charge in [-0.25, -0.2) is 15.8 Å². The lowest BCUT2D eigenvalue weighted by Crippen LogP contribution is -2.19. The van der Waals surface area contributed by atoms with E-state index in [0.29, 0.717) is 11.9 Å². The first kappa shape index (κ1) is 12.8. The summed E-state index contributed by atoms with van der Waals surface area (Å²) in [6.45, 7) is 4.25. The molecule has 4 N–H and O–H groups in total. The third kappa shape index (κ3) is 3.41. The molecule has 2 rings (SSSR count). The Labute approximate surface area is 110 Å². The first-order valence-electron chi connectivity index (χ1n) is 5.78. The number of hydrogen-bond donors (Lipinski definition) is 3. The highest BCUT2D eigenvalue weighted by atomic mass is 32.1. The van der Waals surface area contributed by atoms with Gasteiger partial charge in [0.1, 0.15) is 18.0 Å². The van der Waals surface area contributed by atoms with Gasteiger partial charge in [-0.2, -0.15) is 0 Å². The Bertz CT molecular complexity index is 511. The second-order valence-corrected chi connectivity index (χ2v) is 5.57. The molecule has 2 aromatic heterocycles. The van der Waals surface area contributed by atoms with Gasteiger partial charge in [0.25, 0.3) is 0 Å². The maximum Gasteiger partial charge on any atom is 0.145 e. The van der Waals surface area contributed by atoms with Gasteiger partial charge in [0, 0.05) is 28.3 Å². The second-order valence-electron chi connectivity index (χ2n) is 4.19. The molecule has 0 radical (unpaired) electrons. The zero-order valence-corrected chi connectivity index (χ0v) is 11.3. The fraction of sp³-hybridized carbons (Fsp3) is 0.333. The molecule has 0 aliphatic carbocycles. The standard InChI is InChI=1S/C12H17N5S/c1-8(5-10-4-3-9(2)18-10)16-11-6-12(17-13)15-7-14-11/h3-4,6-8H,5,13H2,1-2H3,(H2,14,15,16,17). The van der Waals surface area contributed by atoms with Crippen molar-refractivity contribution >= 4 is 23.0 Å². The highest BCUT2D eigenvalue weighted by Gasteiger charge is 2.06. The van der Waals surface area contributed by atoms with Crippen molar-refractivity contribution in [1.82, 2.24) is 9.97 Å². The van der Waals surface area contributed by atoms with E-state index in [1.807, 2.05) is 11.3 Å². The van der Waals surface area contributed by atoms with Crippen LogP contribution in [0, 0.1) is 6.92 Å². The van der Waals surface area contributed by atoms with Crippen LogP contribution >= 0.6 is 11.3 Å². The Hall–Kier alpha value is -1.66. The highest BCUT2D eigenvalue weighted by Crippen LogP contribution is 2.18. The summed E-state index contributed by atoms with van der Waals surface area (Å²) in [6, 6.07) is 6.42. The van der Waals surface area contributed by atoms with Gasteiger partial charge in [0.2, 0.25) is 0 Å². The molecule has 0 spiro atoms. The molecule has 18 heavy (non-hydrogen) atoms. The summed E-state index contributed by atoms with van der Waals surface area (Å²) < 4.78 is 0. The first-order chi connectivity index (χ1) is 8.67. The first-order valence-corrected chi connectivity index (χ1v) is 6.59. The van der Waals surface area contributed by atoms with Gasteiger partial charge in [0.15, 0.2) is 0 Å². The van der Waals surface area contributed by atoms with E-state index in [-0.39, 0.29) is 0 Å². The minimum absolute atomic E-state index is 0.309. The van der Waals surface area contributed by atoms with Crippen LogP contribution in [0.4, 0.5) is 11.6 Å². The van der Waals surface area contributed by atoms with Gasteiger partial charge in [0.05, 0.1) is 0 Å². The van der Waals surface area contributed by atoms with Crippen LogP contribution in [0.5, 0.6) is 0 Å². The van der Waals surface area contributed by atoms with E-state index in [9.17, 15) is 0 Å². The largest absolute Gasteiger partial charge is 0.367 e. The van der Waals surface area contributed by atoms with Crippen LogP contribution in [0.25, 0.3) is 0 Å². The summed E-state index contributed by atoms with van der Waals surface area (Å²) in [6.07, 6.45) is 2.47. The van der Waals surface area contributed by atoms with E-state index in [1.165, 1.54) is 16.1 Å². The summed E-state index contributed by atoms with van der Waals surface area (Å²) in [4.78, 5) is 10.8. The Kier molecular flexibility index (Phi) is 4.11. The Morgan fingerprint density at radius 3 is 2.78 bits per heavy atom. The van der Waals surface area contributed by atoms with Gasteiger partial charge in [-0.05, 0) is 26.0 Å². The van der Waals surface area contributed by atoms with Crippen molar-refractivity contribution in [2.24, 2.45) is 5.84 Å². The van der Waals surface area contributed by atoms with Crippen LogP contribution in [0.1, 0.15) is 16.7 Å². The lowest BCUT2D eigenvalue weighted by molar-refractivity contribution is 0.793. The number of anilines is 2.